The molecule has 2 aromatic carbocycles. The van der Waals surface area contributed by atoms with Crippen molar-refractivity contribution in [3.05, 3.63) is 56.5 Å². The Labute approximate surface area is 197 Å². The van der Waals surface area contributed by atoms with Crippen LogP contribution in [0.5, 0.6) is 5.75 Å². The van der Waals surface area contributed by atoms with Crippen LogP contribution in [0.2, 0.25) is 0 Å². The number of benzene rings is 2. The molecule has 0 aliphatic carbocycles. The number of hydrogen-bond donors (Lipinski definition) is 2. The van der Waals surface area contributed by atoms with Crippen molar-refractivity contribution < 1.29 is 10.0 Å². The summed E-state index contributed by atoms with van der Waals surface area (Å²) in [5.41, 5.74) is 4.94. The standard InChI is InChI=1S/C22H22BrN7O3/c1-2-3-4-7-10-29-17-9-6-5-8-16(17)19-21(29)25-22(28-26-19)27-24-13-14-11-15(23)12-18(20(14)31)30(32)33/h5-6,8-9,11-13,31H,2-4,7,10H2,1H3,(H,25,27,28)/b24-13+. The van der Waals surface area contributed by atoms with E-state index in [0.717, 1.165) is 35.8 Å². The van der Waals surface area contributed by atoms with Gasteiger partial charge in [-0.15, -0.1) is 10.2 Å². The van der Waals surface area contributed by atoms with E-state index in [-0.39, 0.29) is 11.5 Å². The number of halogens is 1. The molecule has 170 valence electrons. The molecular formula is C22H22BrN7O3. The van der Waals surface area contributed by atoms with Gasteiger partial charge in [0.1, 0.15) is 5.52 Å². The van der Waals surface area contributed by atoms with E-state index in [4.69, 9.17) is 0 Å². The summed E-state index contributed by atoms with van der Waals surface area (Å²) in [5.74, 6) is -0.296. The molecule has 0 saturated heterocycles. The van der Waals surface area contributed by atoms with E-state index in [1.807, 2.05) is 24.3 Å². The van der Waals surface area contributed by atoms with Gasteiger partial charge in [-0.2, -0.15) is 10.1 Å². The number of aryl methyl sites for hydroxylation is 1. The van der Waals surface area contributed by atoms with Crippen LogP contribution in [0, 0.1) is 10.1 Å². The molecule has 0 fully saturated rings. The van der Waals surface area contributed by atoms with Crippen molar-refractivity contribution in [2.45, 2.75) is 39.2 Å². The maximum atomic E-state index is 11.1. The number of hydrazone groups is 1. The highest BCUT2D eigenvalue weighted by molar-refractivity contribution is 9.10. The smallest absolute Gasteiger partial charge is 0.312 e. The number of fused-ring (bicyclic) bond motifs is 3. The average Bonchev–Trinajstić information content (AvgIpc) is 3.11. The van der Waals surface area contributed by atoms with Crippen molar-refractivity contribution >= 4 is 55.8 Å². The van der Waals surface area contributed by atoms with Crippen LogP contribution >= 0.6 is 15.9 Å². The Bertz CT molecular complexity index is 1350. The van der Waals surface area contributed by atoms with E-state index in [0.29, 0.717) is 10.1 Å². The maximum absolute atomic E-state index is 11.1. The van der Waals surface area contributed by atoms with Crippen molar-refractivity contribution in [2.75, 3.05) is 5.43 Å². The molecule has 4 rings (SSSR count). The van der Waals surface area contributed by atoms with Gasteiger partial charge < -0.3 is 9.67 Å². The van der Waals surface area contributed by atoms with Gasteiger partial charge in [-0.1, -0.05) is 60.3 Å². The second kappa shape index (κ2) is 9.90. The average molecular weight is 512 g/mol. The monoisotopic (exact) mass is 511 g/mol. The zero-order valence-electron chi connectivity index (χ0n) is 17.9. The molecule has 0 saturated carbocycles. The molecule has 0 aliphatic rings. The fraction of sp³-hybridized carbons (Fsp3) is 0.273. The van der Waals surface area contributed by atoms with Crippen LogP contribution in [0.25, 0.3) is 22.1 Å². The number of hydrogen-bond acceptors (Lipinski definition) is 8. The fourth-order valence-corrected chi connectivity index (χ4v) is 4.14. The molecule has 2 heterocycles. The van der Waals surface area contributed by atoms with Crippen LogP contribution in [-0.4, -0.2) is 36.0 Å². The van der Waals surface area contributed by atoms with E-state index >= 15 is 0 Å². The summed E-state index contributed by atoms with van der Waals surface area (Å²) in [5, 5.41) is 34.7. The second-order valence-corrected chi connectivity index (χ2v) is 8.44. The Morgan fingerprint density at radius 1 is 1.24 bits per heavy atom. The number of unbranched alkanes of at least 4 members (excludes halogenated alkanes) is 3. The summed E-state index contributed by atoms with van der Waals surface area (Å²) in [4.78, 5) is 15.0. The van der Waals surface area contributed by atoms with Crippen molar-refractivity contribution in [3.8, 4) is 5.75 Å². The summed E-state index contributed by atoms with van der Waals surface area (Å²) in [6, 6.07) is 10.7. The predicted molar refractivity (Wildman–Crippen MR) is 131 cm³/mol. The predicted octanol–water partition coefficient (Wildman–Crippen LogP) is 5.38. The first-order valence-electron chi connectivity index (χ1n) is 10.6. The molecule has 0 aliphatic heterocycles. The van der Waals surface area contributed by atoms with Gasteiger partial charge in [0.25, 0.3) is 5.95 Å². The van der Waals surface area contributed by atoms with Gasteiger partial charge in [-0.25, -0.2) is 5.43 Å². The van der Waals surface area contributed by atoms with E-state index in [1.54, 1.807) is 0 Å². The van der Waals surface area contributed by atoms with Crippen LogP contribution in [0.4, 0.5) is 11.6 Å². The number of phenols is 1. The second-order valence-electron chi connectivity index (χ2n) is 7.53. The molecule has 4 aromatic rings. The molecule has 10 nitrogen and oxygen atoms in total. The van der Waals surface area contributed by atoms with E-state index in [9.17, 15) is 15.2 Å². The normalized spacial score (nSPS) is 11.6. The Hall–Kier alpha value is -3.60. The molecular weight excluding hydrogens is 490 g/mol. The van der Waals surface area contributed by atoms with Crippen molar-refractivity contribution in [1.29, 1.82) is 0 Å². The van der Waals surface area contributed by atoms with E-state index in [2.05, 4.69) is 53.1 Å². The lowest BCUT2D eigenvalue weighted by Crippen LogP contribution is -2.03. The molecule has 0 atom stereocenters. The zero-order valence-corrected chi connectivity index (χ0v) is 19.5. The summed E-state index contributed by atoms with van der Waals surface area (Å²) in [6.45, 7) is 3.00. The maximum Gasteiger partial charge on any atom is 0.312 e. The molecule has 2 aromatic heterocycles. The highest BCUT2D eigenvalue weighted by Gasteiger charge is 2.18. The largest absolute Gasteiger partial charge is 0.502 e. The van der Waals surface area contributed by atoms with E-state index in [1.165, 1.54) is 31.2 Å². The lowest BCUT2D eigenvalue weighted by molar-refractivity contribution is -0.385. The first kappa shape index (κ1) is 22.6. The first-order valence-corrected chi connectivity index (χ1v) is 11.4. The molecule has 0 amide bonds. The SMILES string of the molecule is CCCCCCn1c2ccccc2c2nnc(N/N=C/c3cc(Br)cc([N+](=O)[O-])c3O)nc21. The van der Waals surface area contributed by atoms with E-state index < -0.39 is 16.4 Å². The third-order valence-electron chi connectivity index (χ3n) is 5.26. The number of para-hydroxylation sites is 1. The molecule has 0 unspecified atom stereocenters. The van der Waals surface area contributed by atoms with Crippen molar-refractivity contribution in [2.24, 2.45) is 5.10 Å². The third-order valence-corrected chi connectivity index (χ3v) is 5.72. The minimum atomic E-state index is -0.662. The van der Waals surface area contributed by atoms with Gasteiger partial charge in [0.2, 0.25) is 5.75 Å². The van der Waals surface area contributed by atoms with Gasteiger partial charge >= 0.3 is 5.69 Å². The van der Waals surface area contributed by atoms with Crippen molar-refractivity contribution in [3.63, 3.8) is 0 Å². The summed E-state index contributed by atoms with van der Waals surface area (Å²) < 4.78 is 2.59. The Morgan fingerprint density at radius 3 is 2.85 bits per heavy atom. The van der Waals surface area contributed by atoms with Crippen LogP contribution in [0.15, 0.2) is 46.0 Å². The molecule has 0 spiro atoms. The zero-order chi connectivity index (χ0) is 23.4. The quantitative estimate of drug-likeness (QED) is 0.133. The number of aromatic nitrogens is 4. The molecule has 2 N–H and O–H groups in total. The molecule has 33 heavy (non-hydrogen) atoms. The van der Waals surface area contributed by atoms with Gasteiger partial charge in [0.15, 0.2) is 5.65 Å². The first-order chi connectivity index (χ1) is 16.0. The van der Waals surface area contributed by atoms with Gasteiger partial charge in [-0.3, -0.25) is 10.1 Å². The van der Waals surface area contributed by atoms with Crippen LogP contribution in [-0.2, 0) is 6.54 Å². The number of nitro benzene ring substituents is 1. The number of nitrogens with one attached hydrogen (secondary N) is 1. The summed E-state index contributed by atoms with van der Waals surface area (Å²) in [7, 11) is 0. The highest BCUT2D eigenvalue weighted by Crippen LogP contribution is 2.32. The number of aromatic hydroxyl groups is 1. The lowest BCUT2D eigenvalue weighted by Gasteiger charge is -2.06. The summed E-state index contributed by atoms with van der Waals surface area (Å²) >= 11 is 3.20. The van der Waals surface area contributed by atoms with Crippen molar-refractivity contribution in [1.82, 2.24) is 19.7 Å². The van der Waals surface area contributed by atoms with Crippen LogP contribution < -0.4 is 5.43 Å². The molecule has 0 radical (unpaired) electrons. The number of rotatable bonds is 9. The number of nitrogens with zero attached hydrogens (tertiary/aromatic N) is 6. The summed E-state index contributed by atoms with van der Waals surface area (Å²) in [6.07, 6.45) is 5.79. The van der Waals surface area contributed by atoms with Gasteiger partial charge in [-0.05, 0) is 18.6 Å². The third kappa shape index (κ3) is 4.77. The number of nitro groups is 1. The fourth-order valence-electron chi connectivity index (χ4n) is 3.68. The Morgan fingerprint density at radius 2 is 2.06 bits per heavy atom. The Kier molecular flexibility index (Phi) is 6.78. The van der Waals surface area contributed by atoms with Crippen LogP contribution in [0.3, 0.4) is 0 Å². The number of phenolic OH excluding ortho intramolecular Hbond substituents is 1. The van der Waals surface area contributed by atoms with Gasteiger partial charge in [0.05, 0.1) is 16.7 Å². The number of anilines is 1. The minimum Gasteiger partial charge on any atom is -0.502 e. The molecule has 11 heteroatoms. The highest BCUT2D eigenvalue weighted by atomic mass is 79.9. The Balaban J connectivity index is 1.63. The topological polar surface area (TPSA) is 131 Å². The van der Waals surface area contributed by atoms with Gasteiger partial charge in [0, 0.05) is 28.0 Å². The molecule has 0 bridgehead atoms. The lowest BCUT2D eigenvalue weighted by atomic mass is 10.2. The minimum absolute atomic E-state index is 0.169. The van der Waals surface area contributed by atoms with Crippen LogP contribution in [0.1, 0.15) is 38.2 Å².